The number of aryl methyl sites for hydroxylation is 1. The van der Waals surface area contributed by atoms with Crippen molar-refractivity contribution in [1.82, 2.24) is 34.6 Å². The average molecular weight is 387 g/mol. The van der Waals surface area contributed by atoms with Gasteiger partial charge in [-0.3, -0.25) is 4.79 Å². The van der Waals surface area contributed by atoms with Gasteiger partial charge in [0, 0.05) is 31.6 Å². The lowest BCUT2D eigenvalue weighted by atomic mass is 10.1. The fourth-order valence-electron chi connectivity index (χ4n) is 3.84. The molecule has 0 saturated heterocycles. The third-order valence-electron chi connectivity index (χ3n) is 5.39. The summed E-state index contributed by atoms with van der Waals surface area (Å²) in [5, 5.41) is 11.3. The van der Waals surface area contributed by atoms with E-state index in [-0.39, 0.29) is 5.91 Å². The van der Waals surface area contributed by atoms with E-state index in [4.69, 9.17) is 0 Å². The molecule has 1 aliphatic heterocycles. The maximum atomic E-state index is 12.6. The molecule has 5 rings (SSSR count). The van der Waals surface area contributed by atoms with Crippen LogP contribution in [0.25, 0.3) is 11.2 Å². The molecule has 0 spiro atoms. The maximum absolute atomic E-state index is 12.6. The van der Waals surface area contributed by atoms with Crippen LogP contribution in [-0.2, 0) is 19.5 Å². The van der Waals surface area contributed by atoms with Gasteiger partial charge >= 0.3 is 0 Å². The molecule has 1 atom stereocenters. The molecule has 1 amide bonds. The summed E-state index contributed by atoms with van der Waals surface area (Å²) in [5.41, 5.74) is 3.19. The van der Waals surface area contributed by atoms with Gasteiger partial charge in [-0.25, -0.2) is 9.97 Å². The molecule has 0 radical (unpaired) electrons. The molecule has 0 fully saturated rings. The summed E-state index contributed by atoms with van der Waals surface area (Å²) in [5.74, 6) is 2.13. The Bertz CT molecular complexity index is 1180. The molecular formula is C21H21N7O. The molecule has 0 aliphatic carbocycles. The van der Waals surface area contributed by atoms with Gasteiger partial charge in [-0.2, -0.15) is 0 Å². The smallest absolute Gasteiger partial charge is 0.252 e. The topological polar surface area (TPSA) is 90.5 Å². The molecule has 1 aliphatic rings. The van der Waals surface area contributed by atoms with E-state index in [1.807, 2.05) is 29.7 Å². The third kappa shape index (κ3) is 3.37. The Hall–Kier alpha value is -3.55. The number of nitrogens with zero attached hydrogens (tertiary/aromatic N) is 6. The molecule has 1 aromatic carbocycles. The van der Waals surface area contributed by atoms with Gasteiger partial charge in [-0.15, -0.1) is 10.2 Å². The minimum Gasteiger partial charge on any atom is -0.352 e. The summed E-state index contributed by atoms with van der Waals surface area (Å²) < 4.78 is 4.10. The second kappa shape index (κ2) is 7.12. The van der Waals surface area contributed by atoms with Crippen molar-refractivity contribution >= 4 is 17.1 Å². The van der Waals surface area contributed by atoms with Crippen molar-refractivity contribution < 1.29 is 4.79 Å². The van der Waals surface area contributed by atoms with E-state index < -0.39 is 0 Å². The standard InChI is InChI=1S/C21H21N7O/c1-14-25-26-19-7-16(12-28(14)19)9-23-21(29)17-8-18-20(22-10-17)27(13-24-18)11-15-5-3-2-4-6-15/h2-6,8,10,13,16H,7,9,11-12H2,1H3,(H,23,29). The van der Waals surface area contributed by atoms with Crippen LogP contribution in [0, 0.1) is 12.8 Å². The number of nitrogens with one attached hydrogen (secondary N) is 1. The number of pyridine rings is 1. The van der Waals surface area contributed by atoms with Gasteiger partial charge in [0.2, 0.25) is 0 Å². The molecule has 0 saturated carbocycles. The van der Waals surface area contributed by atoms with E-state index in [0.717, 1.165) is 35.8 Å². The first-order valence-corrected chi connectivity index (χ1v) is 9.69. The highest BCUT2D eigenvalue weighted by Gasteiger charge is 2.25. The number of carbonyl (C=O) groups excluding carboxylic acids is 1. The lowest BCUT2D eigenvalue weighted by Crippen LogP contribution is -2.30. The number of benzene rings is 1. The predicted molar refractivity (Wildman–Crippen MR) is 107 cm³/mol. The average Bonchev–Trinajstić information content (AvgIpc) is 3.43. The first-order valence-electron chi connectivity index (χ1n) is 9.69. The lowest BCUT2D eigenvalue weighted by Gasteiger charge is -2.11. The fraction of sp³-hybridized carbons (Fsp3) is 0.286. The van der Waals surface area contributed by atoms with E-state index in [1.54, 1.807) is 18.6 Å². The quantitative estimate of drug-likeness (QED) is 0.565. The first-order chi connectivity index (χ1) is 14.2. The molecule has 146 valence electrons. The Labute approximate surface area is 167 Å². The van der Waals surface area contributed by atoms with Crippen LogP contribution in [0.3, 0.4) is 0 Å². The number of hydrogen-bond donors (Lipinski definition) is 1. The highest BCUT2D eigenvalue weighted by Crippen LogP contribution is 2.19. The summed E-state index contributed by atoms with van der Waals surface area (Å²) in [6.07, 6.45) is 4.22. The van der Waals surface area contributed by atoms with Gasteiger partial charge in [0.25, 0.3) is 5.91 Å². The summed E-state index contributed by atoms with van der Waals surface area (Å²) >= 11 is 0. The minimum absolute atomic E-state index is 0.128. The monoisotopic (exact) mass is 387 g/mol. The Morgan fingerprint density at radius 2 is 2.07 bits per heavy atom. The molecule has 3 aromatic heterocycles. The number of carbonyl (C=O) groups is 1. The molecule has 1 unspecified atom stereocenters. The van der Waals surface area contributed by atoms with Gasteiger partial charge in [0.15, 0.2) is 5.65 Å². The van der Waals surface area contributed by atoms with Crippen LogP contribution in [0.5, 0.6) is 0 Å². The number of rotatable bonds is 5. The van der Waals surface area contributed by atoms with Crippen molar-refractivity contribution in [3.05, 3.63) is 71.7 Å². The van der Waals surface area contributed by atoms with Crippen LogP contribution in [0.1, 0.15) is 27.6 Å². The Balaban J connectivity index is 1.25. The number of aromatic nitrogens is 6. The number of fused-ring (bicyclic) bond motifs is 2. The molecule has 1 N–H and O–H groups in total. The summed E-state index contributed by atoms with van der Waals surface area (Å²) in [6.45, 7) is 4.09. The zero-order valence-corrected chi connectivity index (χ0v) is 16.1. The summed E-state index contributed by atoms with van der Waals surface area (Å²) in [6, 6.07) is 12.0. The van der Waals surface area contributed by atoms with E-state index in [9.17, 15) is 4.79 Å². The Morgan fingerprint density at radius 1 is 1.21 bits per heavy atom. The molecule has 4 heterocycles. The zero-order chi connectivity index (χ0) is 19.8. The van der Waals surface area contributed by atoms with Crippen molar-refractivity contribution in [3.8, 4) is 0 Å². The molecule has 8 nitrogen and oxygen atoms in total. The van der Waals surface area contributed by atoms with Crippen molar-refractivity contribution in [2.24, 2.45) is 5.92 Å². The Morgan fingerprint density at radius 3 is 2.90 bits per heavy atom. The van der Waals surface area contributed by atoms with Crippen molar-refractivity contribution in [2.45, 2.75) is 26.4 Å². The maximum Gasteiger partial charge on any atom is 0.252 e. The third-order valence-corrected chi connectivity index (χ3v) is 5.39. The van der Waals surface area contributed by atoms with Crippen molar-refractivity contribution in [3.63, 3.8) is 0 Å². The second-order valence-corrected chi connectivity index (χ2v) is 7.48. The van der Waals surface area contributed by atoms with Crippen molar-refractivity contribution in [2.75, 3.05) is 6.54 Å². The van der Waals surface area contributed by atoms with Crippen LogP contribution in [0.4, 0.5) is 0 Å². The lowest BCUT2D eigenvalue weighted by molar-refractivity contribution is 0.0946. The van der Waals surface area contributed by atoms with Crippen LogP contribution in [0.2, 0.25) is 0 Å². The van der Waals surface area contributed by atoms with Crippen LogP contribution in [-0.4, -0.2) is 41.8 Å². The molecule has 0 bridgehead atoms. The van der Waals surface area contributed by atoms with Crippen molar-refractivity contribution in [1.29, 1.82) is 0 Å². The first kappa shape index (κ1) is 17.5. The van der Waals surface area contributed by atoms with E-state index >= 15 is 0 Å². The van der Waals surface area contributed by atoms with Crippen LogP contribution in [0.15, 0.2) is 48.9 Å². The van der Waals surface area contributed by atoms with Gasteiger partial charge in [0.1, 0.15) is 17.2 Å². The molecule has 29 heavy (non-hydrogen) atoms. The minimum atomic E-state index is -0.128. The summed E-state index contributed by atoms with van der Waals surface area (Å²) in [7, 11) is 0. The predicted octanol–water partition coefficient (Wildman–Crippen LogP) is 1.98. The summed E-state index contributed by atoms with van der Waals surface area (Å²) in [4.78, 5) is 21.5. The molecule has 8 heteroatoms. The number of hydrogen-bond acceptors (Lipinski definition) is 5. The van der Waals surface area contributed by atoms with Crippen LogP contribution < -0.4 is 5.32 Å². The Kier molecular flexibility index (Phi) is 4.31. The molecule has 4 aromatic rings. The normalized spacial score (nSPS) is 15.6. The van der Waals surface area contributed by atoms with Crippen LogP contribution >= 0.6 is 0 Å². The van der Waals surface area contributed by atoms with Gasteiger partial charge < -0.3 is 14.5 Å². The molecular weight excluding hydrogens is 366 g/mol. The highest BCUT2D eigenvalue weighted by molar-refractivity contribution is 5.96. The second-order valence-electron chi connectivity index (χ2n) is 7.48. The van der Waals surface area contributed by atoms with E-state index in [0.29, 0.717) is 24.6 Å². The number of imidazole rings is 1. The number of amides is 1. The van der Waals surface area contributed by atoms with E-state index in [2.05, 4.69) is 42.2 Å². The largest absolute Gasteiger partial charge is 0.352 e. The van der Waals surface area contributed by atoms with Gasteiger partial charge in [0.05, 0.1) is 18.4 Å². The van der Waals surface area contributed by atoms with E-state index in [1.165, 1.54) is 5.56 Å². The zero-order valence-electron chi connectivity index (χ0n) is 16.1. The van der Waals surface area contributed by atoms with Gasteiger partial charge in [-0.1, -0.05) is 30.3 Å². The SMILES string of the molecule is Cc1nnc2n1CC(CNC(=O)c1cnc3c(c1)ncn3Cc1ccccc1)C2. The highest BCUT2D eigenvalue weighted by atomic mass is 16.1. The van der Waals surface area contributed by atoms with Gasteiger partial charge in [-0.05, 0) is 18.6 Å². The fourth-order valence-corrected chi connectivity index (χ4v) is 3.84.